The van der Waals surface area contributed by atoms with Crippen molar-refractivity contribution in [3.63, 3.8) is 0 Å². The van der Waals surface area contributed by atoms with Gasteiger partial charge in [-0.1, -0.05) is 66.2 Å². The molecule has 0 radical (unpaired) electrons. The summed E-state index contributed by atoms with van der Waals surface area (Å²) in [4.78, 5) is 26.9. The van der Waals surface area contributed by atoms with Crippen molar-refractivity contribution in [3.05, 3.63) is 31.9 Å². The van der Waals surface area contributed by atoms with Crippen LogP contribution in [-0.4, -0.2) is 25.2 Å². The maximum atomic E-state index is 12.8. The molecule has 0 spiro atoms. The normalized spacial score (nSPS) is 13.3. The highest BCUT2D eigenvalue weighted by molar-refractivity contribution is 9.11. The van der Waals surface area contributed by atoms with Crippen LogP contribution in [0.4, 0.5) is 0 Å². The number of ether oxygens (including phenoxy) is 2. The lowest BCUT2D eigenvalue weighted by molar-refractivity contribution is 0.0425. The molecule has 198 valence electrons. The first-order valence-electron chi connectivity index (χ1n) is 13.3. The van der Waals surface area contributed by atoms with Crippen LogP contribution in [0.15, 0.2) is 16.6 Å². The van der Waals surface area contributed by atoms with Crippen molar-refractivity contribution in [2.45, 2.75) is 86.0 Å². The van der Waals surface area contributed by atoms with Crippen LogP contribution in [0.3, 0.4) is 0 Å². The van der Waals surface area contributed by atoms with Gasteiger partial charge in [0.05, 0.1) is 17.9 Å². The standard InChI is InChI=1S/C29H39BrO4S2/c1-6-10-12-19(8-3)16-33-28(31)23-14-21-18(5)26-22(25(30)27(21)36-23)15-24(35-26)29(32)34-17-20(9-4)13-11-7-2/h14-15,19-20H,6-13,16-17H2,1-5H3. The summed E-state index contributed by atoms with van der Waals surface area (Å²) >= 11 is 6.67. The predicted octanol–water partition coefficient (Wildman–Crippen LogP) is 9.93. The van der Waals surface area contributed by atoms with Gasteiger partial charge >= 0.3 is 11.9 Å². The fraction of sp³-hybridized carbons (Fsp3) is 0.586. The number of esters is 2. The summed E-state index contributed by atoms with van der Waals surface area (Å²) in [5, 5.41) is 2.01. The molecular weight excluding hydrogens is 556 g/mol. The minimum absolute atomic E-state index is 0.251. The second-order valence-electron chi connectivity index (χ2n) is 9.68. The van der Waals surface area contributed by atoms with Crippen LogP contribution in [0.25, 0.3) is 20.2 Å². The molecule has 3 aromatic rings. The first kappa shape index (κ1) is 29.1. The quantitative estimate of drug-likeness (QED) is 0.174. The lowest BCUT2D eigenvalue weighted by Gasteiger charge is -2.14. The second kappa shape index (κ2) is 13.9. The monoisotopic (exact) mass is 594 g/mol. The summed E-state index contributed by atoms with van der Waals surface area (Å²) in [6.45, 7) is 11.7. The van der Waals surface area contributed by atoms with E-state index in [1.165, 1.54) is 22.7 Å². The Morgan fingerprint density at radius 1 is 0.806 bits per heavy atom. The topological polar surface area (TPSA) is 52.6 Å². The summed E-state index contributed by atoms with van der Waals surface area (Å²) in [7, 11) is 0. The molecule has 2 heterocycles. The van der Waals surface area contributed by atoms with Gasteiger partial charge in [0, 0.05) is 14.6 Å². The smallest absolute Gasteiger partial charge is 0.348 e. The molecule has 0 amide bonds. The molecule has 0 saturated carbocycles. The van der Waals surface area contributed by atoms with Gasteiger partial charge < -0.3 is 9.47 Å². The summed E-state index contributed by atoms with van der Waals surface area (Å²) < 4.78 is 14.4. The largest absolute Gasteiger partial charge is 0.461 e. The molecule has 7 heteroatoms. The van der Waals surface area contributed by atoms with Crippen molar-refractivity contribution in [2.24, 2.45) is 11.8 Å². The number of aryl methyl sites for hydroxylation is 1. The number of benzene rings is 1. The van der Waals surface area contributed by atoms with E-state index in [2.05, 4.69) is 50.5 Å². The molecule has 0 fully saturated rings. The molecule has 2 unspecified atom stereocenters. The van der Waals surface area contributed by atoms with E-state index in [1.807, 2.05) is 12.1 Å². The number of rotatable bonds is 14. The van der Waals surface area contributed by atoms with E-state index in [0.29, 0.717) is 34.8 Å². The molecule has 2 aromatic heterocycles. The van der Waals surface area contributed by atoms with Crippen LogP contribution in [0, 0.1) is 18.8 Å². The maximum Gasteiger partial charge on any atom is 0.348 e. The fourth-order valence-corrected chi connectivity index (χ4v) is 7.47. The van der Waals surface area contributed by atoms with Gasteiger partial charge in [-0.05, 0) is 70.6 Å². The third-order valence-electron chi connectivity index (χ3n) is 7.03. The molecule has 0 N–H and O–H groups in total. The first-order valence-corrected chi connectivity index (χ1v) is 15.8. The minimum Gasteiger partial charge on any atom is -0.461 e. The van der Waals surface area contributed by atoms with Crippen molar-refractivity contribution in [1.82, 2.24) is 0 Å². The molecular formula is C29H39BrO4S2. The molecule has 0 aliphatic carbocycles. The Kier molecular flexibility index (Phi) is 11.3. The Bertz CT molecular complexity index is 1030. The highest BCUT2D eigenvalue weighted by atomic mass is 79.9. The molecule has 0 aliphatic rings. The molecule has 36 heavy (non-hydrogen) atoms. The summed E-state index contributed by atoms with van der Waals surface area (Å²) in [5.41, 5.74) is 1.08. The van der Waals surface area contributed by atoms with E-state index < -0.39 is 0 Å². The lowest BCUT2D eigenvalue weighted by atomic mass is 10.0. The van der Waals surface area contributed by atoms with Gasteiger partial charge in [0.15, 0.2) is 0 Å². The highest BCUT2D eigenvalue weighted by Crippen LogP contribution is 2.44. The average Bonchev–Trinajstić information content (AvgIpc) is 3.53. The van der Waals surface area contributed by atoms with Crippen molar-refractivity contribution in [2.75, 3.05) is 13.2 Å². The molecule has 0 aliphatic heterocycles. The van der Waals surface area contributed by atoms with Gasteiger partial charge in [-0.25, -0.2) is 9.59 Å². The van der Waals surface area contributed by atoms with E-state index in [4.69, 9.17) is 9.47 Å². The van der Waals surface area contributed by atoms with Gasteiger partial charge in [-0.3, -0.25) is 0 Å². The van der Waals surface area contributed by atoms with Crippen molar-refractivity contribution in [1.29, 1.82) is 0 Å². The second-order valence-corrected chi connectivity index (χ2v) is 12.6. The average molecular weight is 596 g/mol. The van der Waals surface area contributed by atoms with E-state index >= 15 is 0 Å². The Morgan fingerprint density at radius 3 is 1.75 bits per heavy atom. The third kappa shape index (κ3) is 6.90. The highest BCUT2D eigenvalue weighted by Gasteiger charge is 2.22. The number of hydrogen-bond acceptors (Lipinski definition) is 6. The minimum atomic E-state index is -0.251. The molecule has 4 nitrogen and oxygen atoms in total. The summed E-state index contributed by atoms with van der Waals surface area (Å²) in [6.07, 6.45) is 8.86. The number of carbonyl (C=O) groups excluding carboxylic acids is 2. The SMILES string of the molecule is CCCCC(CC)COC(=O)c1cc2c(Br)c3sc(C(=O)OCC(CC)CCCC)cc3c(C)c2s1. The van der Waals surface area contributed by atoms with Crippen LogP contribution < -0.4 is 0 Å². The van der Waals surface area contributed by atoms with Crippen LogP contribution in [0.5, 0.6) is 0 Å². The molecule has 3 rings (SSSR count). The Morgan fingerprint density at radius 2 is 1.28 bits per heavy atom. The van der Waals surface area contributed by atoms with Crippen molar-refractivity contribution < 1.29 is 19.1 Å². The Hall–Kier alpha value is -1.44. The van der Waals surface area contributed by atoms with Crippen LogP contribution >= 0.6 is 38.6 Å². The maximum absolute atomic E-state index is 12.8. The number of hydrogen-bond donors (Lipinski definition) is 0. The predicted molar refractivity (Wildman–Crippen MR) is 157 cm³/mol. The van der Waals surface area contributed by atoms with E-state index in [1.54, 1.807) is 0 Å². The van der Waals surface area contributed by atoms with Gasteiger partial charge in [-0.15, -0.1) is 22.7 Å². The fourth-order valence-electron chi connectivity index (χ4n) is 4.44. The van der Waals surface area contributed by atoms with Crippen LogP contribution in [-0.2, 0) is 9.47 Å². The van der Waals surface area contributed by atoms with E-state index in [9.17, 15) is 9.59 Å². The number of carbonyl (C=O) groups is 2. The molecule has 0 bridgehead atoms. The molecule has 2 atom stereocenters. The zero-order valence-electron chi connectivity index (χ0n) is 22.2. The summed E-state index contributed by atoms with van der Waals surface area (Å²) in [5.74, 6) is 0.330. The van der Waals surface area contributed by atoms with Crippen molar-refractivity contribution in [3.8, 4) is 0 Å². The van der Waals surface area contributed by atoms with Gasteiger partial charge in [0.2, 0.25) is 0 Å². The zero-order chi connectivity index (χ0) is 26.2. The Balaban J connectivity index is 1.78. The molecule has 1 aromatic carbocycles. The lowest BCUT2D eigenvalue weighted by Crippen LogP contribution is -2.13. The third-order valence-corrected chi connectivity index (χ3v) is 10.5. The number of fused-ring (bicyclic) bond motifs is 2. The zero-order valence-corrected chi connectivity index (χ0v) is 25.4. The Labute approximate surface area is 231 Å². The van der Waals surface area contributed by atoms with Gasteiger partial charge in [0.1, 0.15) is 9.75 Å². The number of halogens is 1. The van der Waals surface area contributed by atoms with Crippen molar-refractivity contribution >= 4 is 70.7 Å². The van der Waals surface area contributed by atoms with Gasteiger partial charge in [-0.2, -0.15) is 0 Å². The van der Waals surface area contributed by atoms with Crippen LogP contribution in [0.2, 0.25) is 0 Å². The summed E-state index contributed by atoms with van der Waals surface area (Å²) in [6, 6.07) is 3.86. The number of unbranched alkanes of at least 4 members (excludes halogenated alkanes) is 2. The molecule has 0 saturated heterocycles. The van der Waals surface area contributed by atoms with Gasteiger partial charge in [0.25, 0.3) is 0 Å². The van der Waals surface area contributed by atoms with Crippen LogP contribution in [0.1, 0.15) is 104 Å². The first-order chi connectivity index (χ1) is 17.3. The van der Waals surface area contributed by atoms with E-state index in [0.717, 1.165) is 81.6 Å². The number of thiophene rings is 2. The van der Waals surface area contributed by atoms with E-state index in [-0.39, 0.29) is 11.9 Å².